The van der Waals surface area contributed by atoms with Gasteiger partial charge < -0.3 is 10.2 Å². The summed E-state index contributed by atoms with van der Waals surface area (Å²) in [6.45, 7) is 2.40. The number of nitrogens with one attached hydrogen (secondary N) is 1. The number of piperidine rings is 1. The molecule has 28 heavy (non-hydrogen) atoms. The van der Waals surface area contributed by atoms with Gasteiger partial charge in [-0.2, -0.15) is 13.2 Å². The number of likely N-dealkylation sites (tertiary alicyclic amines) is 1. The Morgan fingerprint density at radius 1 is 1.21 bits per heavy atom. The molecule has 2 aliphatic heterocycles. The van der Waals surface area contributed by atoms with Crippen LogP contribution < -0.4 is 10.2 Å². The Morgan fingerprint density at radius 3 is 2.50 bits per heavy atom. The molecule has 156 valence electrons. The van der Waals surface area contributed by atoms with E-state index in [1.807, 2.05) is 6.92 Å². The van der Waals surface area contributed by atoms with Crippen molar-refractivity contribution in [1.29, 1.82) is 0 Å². The predicted molar refractivity (Wildman–Crippen MR) is 100.0 cm³/mol. The third-order valence-corrected chi connectivity index (χ3v) is 5.93. The second-order valence-corrected chi connectivity index (χ2v) is 8.02. The molecule has 1 N–H and O–H groups in total. The van der Waals surface area contributed by atoms with Crippen molar-refractivity contribution < 1.29 is 22.4 Å². The molecule has 1 aromatic rings. The molecule has 0 spiro atoms. The number of amides is 1. The lowest BCUT2D eigenvalue weighted by Gasteiger charge is -2.36. The molecule has 0 unspecified atom stereocenters. The van der Waals surface area contributed by atoms with Crippen molar-refractivity contribution in [3.8, 4) is 0 Å². The third kappa shape index (κ3) is 5.15. The zero-order valence-corrected chi connectivity index (χ0v) is 16.4. The van der Waals surface area contributed by atoms with Gasteiger partial charge in [0.25, 0.3) is 0 Å². The molecular formula is C19H24ClF4N3O. The van der Waals surface area contributed by atoms with E-state index in [0.717, 1.165) is 0 Å². The number of hydrogen-bond donors (Lipinski definition) is 1. The van der Waals surface area contributed by atoms with E-state index in [-0.39, 0.29) is 28.9 Å². The largest absolute Gasteiger partial charge is 0.401 e. The average molecular weight is 422 g/mol. The second-order valence-electron chi connectivity index (χ2n) is 7.61. The molecule has 0 radical (unpaired) electrons. The summed E-state index contributed by atoms with van der Waals surface area (Å²) in [7, 11) is 0. The van der Waals surface area contributed by atoms with Gasteiger partial charge in [0, 0.05) is 18.3 Å². The van der Waals surface area contributed by atoms with Gasteiger partial charge in [0.15, 0.2) is 0 Å². The average Bonchev–Trinajstić information content (AvgIpc) is 2.97. The van der Waals surface area contributed by atoms with Crippen molar-refractivity contribution >= 4 is 23.2 Å². The van der Waals surface area contributed by atoms with Crippen LogP contribution in [0.5, 0.6) is 0 Å². The normalized spacial score (nSPS) is 23.4. The topological polar surface area (TPSA) is 35.6 Å². The fourth-order valence-corrected chi connectivity index (χ4v) is 4.18. The molecule has 0 bridgehead atoms. The maximum absolute atomic E-state index is 13.7. The molecule has 2 atom stereocenters. The van der Waals surface area contributed by atoms with Crippen LogP contribution in [-0.2, 0) is 4.79 Å². The van der Waals surface area contributed by atoms with Crippen LogP contribution in [0.4, 0.5) is 23.2 Å². The van der Waals surface area contributed by atoms with Gasteiger partial charge in [-0.3, -0.25) is 9.69 Å². The lowest BCUT2D eigenvalue weighted by atomic mass is 9.89. The van der Waals surface area contributed by atoms with Crippen molar-refractivity contribution in [2.45, 2.75) is 44.4 Å². The Hall–Kier alpha value is -1.38. The number of rotatable bonds is 5. The lowest BCUT2D eigenvalue weighted by Crippen LogP contribution is -2.49. The van der Waals surface area contributed by atoms with E-state index in [9.17, 15) is 22.4 Å². The first-order valence-electron chi connectivity index (χ1n) is 9.45. The summed E-state index contributed by atoms with van der Waals surface area (Å²) >= 11 is 5.70. The van der Waals surface area contributed by atoms with Crippen LogP contribution in [0.2, 0.25) is 5.02 Å². The summed E-state index contributed by atoms with van der Waals surface area (Å²) in [4.78, 5) is 15.7. The van der Waals surface area contributed by atoms with Crippen molar-refractivity contribution in [3.05, 3.63) is 29.0 Å². The maximum atomic E-state index is 13.7. The van der Waals surface area contributed by atoms with E-state index in [1.54, 1.807) is 6.07 Å². The number of hydrogen-bond acceptors (Lipinski definition) is 3. The Balaban J connectivity index is 1.52. The molecule has 2 heterocycles. The van der Waals surface area contributed by atoms with Gasteiger partial charge in [-0.05, 0) is 63.4 Å². The van der Waals surface area contributed by atoms with Crippen molar-refractivity contribution in [1.82, 2.24) is 10.2 Å². The number of anilines is 1. The fourth-order valence-electron chi connectivity index (χ4n) is 4.06. The smallest absolute Gasteiger partial charge is 0.311 e. The van der Waals surface area contributed by atoms with Gasteiger partial charge in [-0.15, -0.1) is 0 Å². The number of carbonyl (C=O) groups is 1. The van der Waals surface area contributed by atoms with Gasteiger partial charge in [-0.25, -0.2) is 4.39 Å². The Morgan fingerprint density at radius 2 is 1.89 bits per heavy atom. The Labute approximate surface area is 166 Å². The van der Waals surface area contributed by atoms with Gasteiger partial charge in [0.1, 0.15) is 5.82 Å². The minimum absolute atomic E-state index is 0.00978. The molecule has 2 fully saturated rings. The lowest BCUT2D eigenvalue weighted by molar-refractivity contribution is -0.148. The summed E-state index contributed by atoms with van der Waals surface area (Å²) in [6, 6.07) is 3.94. The summed E-state index contributed by atoms with van der Waals surface area (Å²) < 4.78 is 51.2. The van der Waals surface area contributed by atoms with Crippen LogP contribution in [0, 0.1) is 11.7 Å². The first kappa shape index (κ1) is 21.3. The van der Waals surface area contributed by atoms with E-state index in [2.05, 4.69) is 5.32 Å². The zero-order chi connectivity index (χ0) is 20.5. The first-order valence-corrected chi connectivity index (χ1v) is 9.83. The predicted octanol–water partition coefficient (Wildman–Crippen LogP) is 3.84. The molecule has 9 heteroatoms. The fraction of sp³-hybridized carbons (Fsp3) is 0.632. The third-order valence-electron chi connectivity index (χ3n) is 5.63. The van der Waals surface area contributed by atoms with Crippen LogP contribution in [0.1, 0.15) is 26.2 Å². The molecule has 0 aliphatic carbocycles. The van der Waals surface area contributed by atoms with Crippen LogP contribution in [0.25, 0.3) is 0 Å². The van der Waals surface area contributed by atoms with E-state index in [4.69, 9.17) is 11.6 Å². The molecule has 0 aromatic heterocycles. The highest BCUT2D eigenvalue weighted by Crippen LogP contribution is 2.28. The maximum Gasteiger partial charge on any atom is 0.401 e. The summed E-state index contributed by atoms with van der Waals surface area (Å²) in [5.74, 6) is -0.468. The van der Waals surface area contributed by atoms with Crippen molar-refractivity contribution in [3.63, 3.8) is 0 Å². The quantitative estimate of drug-likeness (QED) is 0.734. The van der Waals surface area contributed by atoms with Gasteiger partial charge in [0.2, 0.25) is 5.91 Å². The summed E-state index contributed by atoms with van der Waals surface area (Å²) in [6.07, 6.45) is -2.24. The monoisotopic (exact) mass is 421 g/mol. The molecule has 2 aliphatic rings. The number of halogens is 5. The Kier molecular flexibility index (Phi) is 6.51. The second kappa shape index (κ2) is 8.55. The van der Waals surface area contributed by atoms with Crippen LogP contribution in [0.3, 0.4) is 0 Å². The highest BCUT2D eigenvalue weighted by molar-refractivity contribution is 6.30. The molecular weight excluding hydrogens is 398 g/mol. The highest BCUT2D eigenvalue weighted by atomic mass is 35.5. The SMILES string of the molecule is C[C@H](N[C@@H]1CCN(c2ccc(Cl)c(F)c2)C1=O)C1CCN(CC(F)(F)F)CC1. The Bertz CT molecular complexity index is 707. The van der Waals surface area contributed by atoms with E-state index in [1.165, 1.54) is 21.9 Å². The molecule has 1 amide bonds. The molecule has 0 saturated carbocycles. The van der Waals surface area contributed by atoms with E-state index >= 15 is 0 Å². The number of alkyl halides is 3. The number of carbonyl (C=O) groups excluding carboxylic acids is 1. The summed E-state index contributed by atoms with van der Waals surface area (Å²) in [5, 5.41) is 3.35. The van der Waals surface area contributed by atoms with Crippen molar-refractivity contribution in [2.24, 2.45) is 5.92 Å². The summed E-state index contributed by atoms with van der Waals surface area (Å²) in [5.41, 5.74) is 0.476. The standard InChI is InChI=1S/C19H24ClF4N3O/c1-12(13-4-7-26(8-5-13)11-19(22,23)24)25-17-6-9-27(18(17)28)14-2-3-15(20)16(21)10-14/h2-3,10,12-13,17,25H,4-9,11H2,1H3/t12-,17+/m0/s1. The molecule has 4 nitrogen and oxygen atoms in total. The van der Waals surface area contributed by atoms with Crippen LogP contribution >= 0.6 is 11.6 Å². The van der Waals surface area contributed by atoms with Crippen molar-refractivity contribution in [2.75, 3.05) is 31.1 Å². The minimum atomic E-state index is -4.17. The van der Waals surface area contributed by atoms with E-state index < -0.39 is 18.5 Å². The van der Waals surface area contributed by atoms with Crippen LogP contribution in [0.15, 0.2) is 18.2 Å². The number of nitrogens with zero attached hydrogens (tertiary/aromatic N) is 2. The van der Waals surface area contributed by atoms with Gasteiger partial charge in [0.05, 0.1) is 17.6 Å². The number of benzene rings is 1. The van der Waals surface area contributed by atoms with Gasteiger partial charge in [-0.1, -0.05) is 11.6 Å². The highest BCUT2D eigenvalue weighted by Gasteiger charge is 2.37. The molecule has 3 rings (SSSR count). The molecule has 1 aromatic carbocycles. The first-order chi connectivity index (χ1) is 13.1. The zero-order valence-electron chi connectivity index (χ0n) is 15.6. The minimum Gasteiger partial charge on any atom is -0.311 e. The van der Waals surface area contributed by atoms with Crippen LogP contribution in [-0.4, -0.2) is 55.2 Å². The van der Waals surface area contributed by atoms with Gasteiger partial charge >= 0.3 is 6.18 Å². The van der Waals surface area contributed by atoms with E-state index in [0.29, 0.717) is 44.6 Å². The molecule has 2 saturated heterocycles.